The summed E-state index contributed by atoms with van der Waals surface area (Å²) in [7, 11) is 1.52. The maximum atomic E-state index is 12.2. The number of rotatable bonds is 8. The average Bonchev–Trinajstić information content (AvgIpc) is 2.43. The maximum Gasteiger partial charge on any atom is 0.323 e. The van der Waals surface area contributed by atoms with Gasteiger partial charge in [0.25, 0.3) is 0 Å². The first kappa shape index (κ1) is 16.2. The summed E-state index contributed by atoms with van der Waals surface area (Å²) in [6.07, 6.45) is 0.638. The molecule has 110 valence electrons. The first-order valence-corrected chi connectivity index (χ1v) is 6.58. The molecular formula is C15H21NO4. The number of methoxy groups -OCH3 is 1. The third-order valence-electron chi connectivity index (χ3n) is 2.99. The molecule has 0 aromatic heterocycles. The molecule has 1 N–H and O–H groups in total. The summed E-state index contributed by atoms with van der Waals surface area (Å²) in [6.45, 7) is 2.15. The fourth-order valence-electron chi connectivity index (χ4n) is 1.97. The van der Waals surface area contributed by atoms with Crippen LogP contribution in [0.4, 0.5) is 0 Å². The van der Waals surface area contributed by atoms with Gasteiger partial charge in [0.15, 0.2) is 0 Å². The zero-order valence-corrected chi connectivity index (χ0v) is 11.9. The number of hydrogen-bond acceptors (Lipinski definition) is 3. The molecule has 0 aliphatic heterocycles. The lowest BCUT2D eigenvalue weighted by atomic mass is 10.1. The Balaban J connectivity index is 2.64. The van der Waals surface area contributed by atoms with Crippen LogP contribution in [0.3, 0.4) is 0 Å². The Morgan fingerprint density at radius 1 is 1.30 bits per heavy atom. The van der Waals surface area contributed by atoms with E-state index in [1.807, 2.05) is 30.3 Å². The van der Waals surface area contributed by atoms with Crippen LogP contribution in [0.5, 0.6) is 0 Å². The van der Waals surface area contributed by atoms with Gasteiger partial charge in [-0.2, -0.15) is 0 Å². The summed E-state index contributed by atoms with van der Waals surface area (Å²) >= 11 is 0. The van der Waals surface area contributed by atoms with Crippen molar-refractivity contribution in [2.24, 2.45) is 5.92 Å². The van der Waals surface area contributed by atoms with Crippen LogP contribution in [0.2, 0.25) is 0 Å². The molecule has 0 bridgehead atoms. The summed E-state index contributed by atoms with van der Waals surface area (Å²) in [6, 6.07) is 9.69. The third kappa shape index (κ3) is 5.40. The maximum absolute atomic E-state index is 12.2. The molecule has 0 aliphatic carbocycles. The Kier molecular flexibility index (Phi) is 6.73. The topological polar surface area (TPSA) is 66.8 Å². The molecule has 5 heteroatoms. The number of amides is 1. The number of carboxylic acid groups (broad SMARTS) is 1. The number of nitrogens with zero attached hydrogens (tertiary/aromatic N) is 1. The lowest BCUT2D eigenvalue weighted by Crippen LogP contribution is -2.41. The minimum atomic E-state index is -1.00. The van der Waals surface area contributed by atoms with Crippen molar-refractivity contribution in [1.82, 2.24) is 4.90 Å². The second-order valence-corrected chi connectivity index (χ2v) is 4.75. The van der Waals surface area contributed by atoms with E-state index in [-0.39, 0.29) is 18.4 Å². The van der Waals surface area contributed by atoms with Crippen LogP contribution in [0.25, 0.3) is 0 Å². The zero-order chi connectivity index (χ0) is 15.0. The molecule has 1 rings (SSSR count). The van der Waals surface area contributed by atoms with Crippen molar-refractivity contribution in [3.05, 3.63) is 35.9 Å². The summed E-state index contributed by atoms with van der Waals surface area (Å²) in [5.41, 5.74) is 1.08. The molecular weight excluding hydrogens is 258 g/mol. The van der Waals surface area contributed by atoms with Crippen molar-refractivity contribution in [2.45, 2.75) is 13.3 Å². The fourth-order valence-corrected chi connectivity index (χ4v) is 1.97. The van der Waals surface area contributed by atoms with Gasteiger partial charge in [-0.05, 0) is 12.0 Å². The molecule has 0 spiro atoms. The molecule has 0 aliphatic rings. The lowest BCUT2D eigenvalue weighted by Gasteiger charge is -2.24. The highest BCUT2D eigenvalue weighted by Crippen LogP contribution is 2.06. The quantitative estimate of drug-likeness (QED) is 0.781. The molecule has 1 aromatic carbocycles. The van der Waals surface area contributed by atoms with Crippen LogP contribution in [0, 0.1) is 5.92 Å². The standard InChI is InChI=1S/C15H21NO4/c1-12(11-20-2)15(19)16(10-14(17)18)9-8-13-6-4-3-5-7-13/h3-7,12H,8-11H2,1-2H3,(H,17,18). The minimum Gasteiger partial charge on any atom is -0.480 e. The normalized spacial score (nSPS) is 11.9. The van der Waals surface area contributed by atoms with Crippen LogP contribution < -0.4 is 0 Å². The highest BCUT2D eigenvalue weighted by molar-refractivity contribution is 5.83. The van der Waals surface area contributed by atoms with E-state index in [2.05, 4.69) is 0 Å². The van der Waals surface area contributed by atoms with Crippen molar-refractivity contribution >= 4 is 11.9 Å². The number of benzene rings is 1. The Hall–Kier alpha value is -1.88. The van der Waals surface area contributed by atoms with Gasteiger partial charge in [-0.15, -0.1) is 0 Å². The zero-order valence-electron chi connectivity index (χ0n) is 11.9. The first-order valence-electron chi connectivity index (χ1n) is 6.58. The monoisotopic (exact) mass is 279 g/mol. The Bertz CT molecular complexity index is 433. The van der Waals surface area contributed by atoms with Gasteiger partial charge in [0.05, 0.1) is 12.5 Å². The molecule has 1 amide bonds. The molecule has 0 saturated carbocycles. The molecule has 20 heavy (non-hydrogen) atoms. The molecule has 1 aromatic rings. The van der Waals surface area contributed by atoms with Crippen LogP contribution in [-0.4, -0.2) is 48.7 Å². The van der Waals surface area contributed by atoms with E-state index in [9.17, 15) is 9.59 Å². The van der Waals surface area contributed by atoms with Gasteiger partial charge in [-0.25, -0.2) is 0 Å². The summed E-state index contributed by atoms with van der Waals surface area (Å²) in [5, 5.41) is 8.92. The van der Waals surface area contributed by atoms with Crippen molar-refractivity contribution in [2.75, 3.05) is 26.8 Å². The SMILES string of the molecule is COCC(C)C(=O)N(CCc1ccccc1)CC(=O)O. The highest BCUT2D eigenvalue weighted by atomic mass is 16.5. The van der Waals surface area contributed by atoms with E-state index in [1.54, 1.807) is 6.92 Å². The Labute approximate surface area is 119 Å². The smallest absolute Gasteiger partial charge is 0.323 e. The van der Waals surface area contributed by atoms with Gasteiger partial charge in [-0.1, -0.05) is 37.3 Å². The number of aliphatic carboxylic acids is 1. The number of carboxylic acids is 1. The largest absolute Gasteiger partial charge is 0.480 e. The van der Waals surface area contributed by atoms with E-state index in [4.69, 9.17) is 9.84 Å². The highest BCUT2D eigenvalue weighted by Gasteiger charge is 2.22. The molecule has 0 saturated heterocycles. The molecule has 0 radical (unpaired) electrons. The van der Waals surface area contributed by atoms with Gasteiger partial charge in [0.2, 0.25) is 5.91 Å². The molecule has 5 nitrogen and oxygen atoms in total. The van der Waals surface area contributed by atoms with E-state index in [1.165, 1.54) is 12.0 Å². The fraction of sp³-hybridized carbons (Fsp3) is 0.467. The van der Waals surface area contributed by atoms with Gasteiger partial charge < -0.3 is 14.7 Å². The van der Waals surface area contributed by atoms with Gasteiger partial charge in [0.1, 0.15) is 6.54 Å². The summed E-state index contributed by atoms with van der Waals surface area (Å²) < 4.78 is 4.95. The van der Waals surface area contributed by atoms with Crippen molar-refractivity contribution < 1.29 is 19.4 Å². The number of hydrogen-bond donors (Lipinski definition) is 1. The van der Waals surface area contributed by atoms with Gasteiger partial charge in [-0.3, -0.25) is 9.59 Å². The second-order valence-electron chi connectivity index (χ2n) is 4.75. The van der Waals surface area contributed by atoms with Gasteiger partial charge in [0, 0.05) is 13.7 Å². The average molecular weight is 279 g/mol. The van der Waals surface area contributed by atoms with E-state index in [0.717, 1.165) is 5.56 Å². The lowest BCUT2D eigenvalue weighted by molar-refractivity contribution is -0.146. The molecule has 0 fully saturated rings. The predicted molar refractivity (Wildman–Crippen MR) is 75.4 cm³/mol. The molecule has 1 unspecified atom stereocenters. The van der Waals surface area contributed by atoms with Crippen LogP contribution >= 0.6 is 0 Å². The number of carbonyl (C=O) groups excluding carboxylic acids is 1. The van der Waals surface area contributed by atoms with Crippen LogP contribution in [-0.2, 0) is 20.7 Å². The van der Waals surface area contributed by atoms with Gasteiger partial charge >= 0.3 is 5.97 Å². The Morgan fingerprint density at radius 2 is 1.95 bits per heavy atom. The van der Waals surface area contributed by atoms with E-state index < -0.39 is 5.97 Å². The molecule has 0 heterocycles. The Morgan fingerprint density at radius 3 is 2.50 bits per heavy atom. The third-order valence-corrected chi connectivity index (χ3v) is 2.99. The van der Waals surface area contributed by atoms with Crippen molar-refractivity contribution in [1.29, 1.82) is 0 Å². The van der Waals surface area contributed by atoms with E-state index >= 15 is 0 Å². The summed E-state index contributed by atoms with van der Waals surface area (Å²) in [4.78, 5) is 24.4. The second kappa shape index (κ2) is 8.32. The van der Waals surface area contributed by atoms with E-state index in [0.29, 0.717) is 19.6 Å². The minimum absolute atomic E-state index is 0.190. The number of ether oxygens (including phenoxy) is 1. The first-order chi connectivity index (χ1) is 9.54. The van der Waals surface area contributed by atoms with Crippen LogP contribution in [0.15, 0.2) is 30.3 Å². The summed E-state index contributed by atoms with van der Waals surface area (Å²) in [5.74, 6) is -1.53. The van der Waals surface area contributed by atoms with Crippen molar-refractivity contribution in [3.63, 3.8) is 0 Å². The number of carbonyl (C=O) groups is 2. The van der Waals surface area contributed by atoms with Crippen LogP contribution in [0.1, 0.15) is 12.5 Å². The predicted octanol–water partition coefficient (Wildman–Crippen LogP) is 1.42. The van der Waals surface area contributed by atoms with Crippen molar-refractivity contribution in [3.8, 4) is 0 Å². The molecule has 1 atom stereocenters.